The van der Waals surface area contributed by atoms with Gasteiger partial charge in [-0.3, -0.25) is 4.79 Å². The van der Waals surface area contributed by atoms with E-state index in [1.807, 2.05) is 12.1 Å². The fourth-order valence-electron chi connectivity index (χ4n) is 2.20. The zero-order valence-corrected chi connectivity index (χ0v) is 15.6. The number of hydrogen-bond donors (Lipinski definition) is 1. The number of halogens is 1. The Hall–Kier alpha value is -2.33. The summed E-state index contributed by atoms with van der Waals surface area (Å²) >= 11 is 5.88. The SMILES string of the molecule is C[C@@H](OC(=O)c1ccc(C(C)(C)C)cc1)C(=O)Nc1cccc(Cl)c1. The Morgan fingerprint density at radius 3 is 2.28 bits per heavy atom. The molecule has 132 valence electrons. The molecule has 4 nitrogen and oxygen atoms in total. The van der Waals surface area contributed by atoms with Crippen LogP contribution in [0, 0.1) is 0 Å². The quantitative estimate of drug-likeness (QED) is 0.796. The highest BCUT2D eigenvalue weighted by molar-refractivity contribution is 6.30. The molecule has 0 aliphatic heterocycles. The van der Waals surface area contributed by atoms with Crippen LogP contribution in [-0.2, 0) is 14.9 Å². The molecule has 0 aromatic heterocycles. The van der Waals surface area contributed by atoms with Crippen molar-refractivity contribution in [2.75, 3.05) is 5.32 Å². The minimum Gasteiger partial charge on any atom is -0.449 e. The van der Waals surface area contributed by atoms with Gasteiger partial charge in [0.15, 0.2) is 6.10 Å². The molecule has 0 spiro atoms. The lowest BCUT2D eigenvalue weighted by Gasteiger charge is -2.19. The summed E-state index contributed by atoms with van der Waals surface area (Å²) in [5, 5.41) is 3.18. The molecular weight excluding hydrogens is 338 g/mol. The van der Waals surface area contributed by atoms with Gasteiger partial charge in [0.1, 0.15) is 0 Å². The Labute approximate surface area is 153 Å². The molecule has 5 heteroatoms. The minimum absolute atomic E-state index is 0.00652. The lowest BCUT2D eigenvalue weighted by molar-refractivity contribution is -0.123. The molecule has 2 aromatic rings. The van der Waals surface area contributed by atoms with Crippen molar-refractivity contribution in [2.45, 2.75) is 39.2 Å². The summed E-state index contributed by atoms with van der Waals surface area (Å²) < 4.78 is 5.24. The van der Waals surface area contributed by atoms with E-state index in [4.69, 9.17) is 16.3 Å². The van der Waals surface area contributed by atoms with E-state index in [2.05, 4.69) is 26.1 Å². The minimum atomic E-state index is -0.922. The molecule has 0 saturated carbocycles. The molecule has 0 unspecified atom stereocenters. The molecule has 0 heterocycles. The molecule has 0 radical (unpaired) electrons. The first-order chi connectivity index (χ1) is 11.7. The van der Waals surface area contributed by atoms with Crippen LogP contribution in [0.4, 0.5) is 5.69 Å². The number of rotatable bonds is 4. The summed E-state index contributed by atoms with van der Waals surface area (Å²) in [5.41, 5.74) is 2.09. The zero-order chi connectivity index (χ0) is 18.6. The van der Waals surface area contributed by atoms with Gasteiger partial charge in [-0.2, -0.15) is 0 Å². The van der Waals surface area contributed by atoms with Crippen LogP contribution >= 0.6 is 11.6 Å². The molecule has 1 atom stereocenters. The second-order valence-corrected chi connectivity index (χ2v) is 7.31. The van der Waals surface area contributed by atoms with Crippen molar-refractivity contribution in [1.82, 2.24) is 0 Å². The van der Waals surface area contributed by atoms with Crippen molar-refractivity contribution >= 4 is 29.2 Å². The van der Waals surface area contributed by atoms with Crippen LogP contribution in [0.1, 0.15) is 43.6 Å². The summed E-state index contributed by atoms with van der Waals surface area (Å²) in [5.74, 6) is -0.948. The van der Waals surface area contributed by atoms with Gasteiger partial charge in [-0.05, 0) is 48.2 Å². The van der Waals surface area contributed by atoms with Gasteiger partial charge in [0, 0.05) is 10.7 Å². The first kappa shape index (κ1) is 19.0. The number of carbonyl (C=O) groups excluding carboxylic acids is 2. The molecule has 2 aromatic carbocycles. The van der Waals surface area contributed by atoms with Crippen molar-refractivity contribution in [3.05, 3.63) is 64.7 Å². The number of nitrogens with one attached hydrogen (secondary N) is 1. The van der Waals surface area contributed by atoms with Crippen LogP contribution in [0.2, 0.25) is 5.02 Å². The molecule has 0 fully saturated rings. The van der Waals surface area contributed by atoms with Crippen molar-refractivity contribution in [3.63, 3.8) is 0 Å². The van der Waals surface area contributed by atoms with Crippen LogP contribution < -0.4 is 5.32 Å². The monoisotopic (exact) mass is 359 g/mol. The van der Waals surface area contributed by atoms with Crippen molar-refractivity contribution in [3.8, 4) is 0 Å². The number of carbonyl (C=O) groups is 2. The Morgan fingerprint density at radius 1 is 1.08 bits per heavy atom. The van der Waals surface area contributed by atoms with Gasteiger partial charge >= 0.3 is 5.97 Å². The highest BCUT2D eigenvalue weighted by Gasteiger charge is 2.20. The van der Waals surface area contributed by atoms with Crippen LogP contribution in [-0.4, -0.2) is 18.0 Å². The summed E-state index contributed by atoms with van der Waals surface area (Å²) in [7, 11) is 0. The lowest BCUT2D eigenvalue weighted by atomic mass is 9.87. The summed E-state index contributed by atoms with van der Waals surface area (Å²) in [6.45, 7) is 7.83. The van der Waals surface area contributed by atoms with E-state index in [-0.39, 0.29) is 5.41 Å². The van der Waals surface area contributed by atoms with E-state index >= 15 is 0 Å². The first-order valence-corrected chi connectivity index (χ1v) is 8.42. The predicted octanol–water partition coefficient (Wildman–Crippen LogP) is 4.82. The molecule has 0 aliphatic carbocycles. The second kappa shape index (κ2) is 7.70. The van der Waals surface area contributed by atoms with Crippen molar-refractivity contribution in [2.24, 2.45) is 0 Å². The van der Waals surface area contributed by atoms with Crippen LogP contribution in [0.3, 0.4) is 0 Å². The lowest BCUT2D eigenvalue weighted by Crippen LogP contribution is -2.30. The smallest absolute Gasteiger partial charge is 0.338 e. The number of amides is 1. The van der Waals surface area contributed by atoms with Gasteiger partial charge in [-0.25, -0.2) is 4.79 Å². The van der Waals surface area contributed by atoms with Crippen molar-refractivity contribution < 1.29 is 14.3 Å². The third kappa shape index (κ3) is 5.33. The van der Waals surface area contributed by atoms with E-state index in [9.17, 15) is 9.59 Å². The van der Waals surface area contributed by atoms with Gasteiger partial charge in [-0.1, -0.05) is 50.6 Å². The maximum Gasteiger partial charge on any atom is 0.338 e. The number of esters is 1. The molecule has 0 saturated heterocycles. The second-order valence-electron chi connectivity index (χ2n) is 6.87. The molecule has 0 bridgehead atoms. The summed E-state index contributed by atoms with van der Waals surface area (Å²) in [4.78, 5) is 24.3. The fraction of sp³-hybridized carbons (Fsp3) is 0.300. The van der Waals surface area contributed by atoms with E-state index in [1.54, 1.807) is 36.4 Å². The maximum atomic E-state index is 12.2. The fourth-order valence-corrected chi connectivity index (χ4v) is 2.39. The molecule has 0 aliphatic rings. The van der Waals surface area contributed by atoms with E-state index in [0.717, 1.165) is 5.56 Å². The Balaban J connectivity index is 1.98. The molecule has 1 N–H and O–H groups in total. The third-order valence-corrected chi connectivity index (χ3v) is 3.97. The molecule has 25 heavy (non-hydrogen) atoms. The van der Waals surface area contributed by atoms with Crippen molar-refractivity contribution in [1.29, 1.82) is 0 Å². The maximum absolute atomic E-state index is 12.2. The summed E-state index contributed by atoms with van der Waals surface area (Å²) in [6, 6.07) is 14.0. The average Bonchev–Trinajstić information content (AvgIpc) is 2.54. The Morgan fingerprint density at radius 2 is 1.72 bits per heavy atom. The molecular formula is C20H22ClNO3. The van der Waals surface area contributed by atoms with Gasteiger partial charge in [0.2, 0.25) is 0 Å². The molecule has 2 rings (SSSR count). The molecule has 1 amide bonds. The topological polar surface area (TPSA) is 55.4 Å². The third-order valence-electron chi connectivity index (χ3n) is 3.73. The number of ether oxygens (including phenoxy) is 1. The first-order valence-electron chi connectivity index (χ1n) is 8.05. The standard InChI is InChI=1S/C20H22ClNO3/c1-13(18(23)22-17-7-5-6-16(21)12-17)25-19(24)14-8-10-15(11-9-14)20(2,3)4/h5-13H,1-4H3,(H,22,23)/t13-/m1/s1. The normalized spacial score (nSPS) is 12.4. The number of hydrogen-bond acceptors (Lipinski definition) is 3. The van der Waals surface area contributed by atoms with E-state index in [1.165, 1.54) is 6.92 Å². The van der Waals surface area contributed by atoms with Gasteiger partial charge in [-0.15, -0.1) is 0 Å². The highest BCUT2D eigenvalue weighted by Crippen LogP contribution is 2.22. The van der Waals surface area contributed by atoms with E-state index < -0.39 is 18.0 Å². The Kier molecular flexibility index (Phi) is 5.85. The van der Waals surface area contributed by atoms with Crippen LogP contribution in [0.15, 0.2) is 48.5 Å². The highest BCUT2D eigenvalue weighted by atomic mass is 35.5. The van der Waals surface area contributed by atoms with E-state index in [0.29, 0.717) is 16.3 Å². The number of benzene rings is 2. The van der Waals surface area contributed by atoms with Crippen LogP contribution in [0.25, 0.3) is 0 Å². The van der Waals surface area contributed by atoms with Gasteiger partial charge in [0.25, 0.3) is 5.91 Å². The predicted molar refractivity (Wildman–Crippen MR) is 100 cm³/mol. The van der Waals surface area contributed by atoms with Gasteiger partial charge in [0.05, 0.1) is 5.56 Å². The average molecular weight is 360 g/mol. The van der Waals surface area contributed by atoms with Crippen LogP contribution in [0.5, 0.6) is 0 Å². The zero-order valence-electron chi connectivity index (χ0n) is 14.8. The largest absolute Gasteiger partial charge is 0.449 e. The Bertz CT molecular complexity index is 763. The van der Waals surface area contributed by atoms with Gasteiger partial charge < -0.3 is 10.1 Å². The summed E-state index contributed by atoms with van der Waals surface area (Å²) in [6.07, 6.45) is -0.922. The number of anilines is 1.